The van der Waals surface area contributed by atoms with Crippen LogP contribution in [0.25, 0.3) is 0 Å². The minimum atomic E-state index is 0.759. The molecule has 0 atom stereocenters. The van der Waals surface area contributed by atoms with Crippen LogP contribution < -0.4 is 0 Å². The quantitative estimate of drug-likeness (QED) is 0.420. The highest BCUT2D eigenvalue weighted by Gasteiger charge is 1.48. The van der Waals surface area contributed by atoms with Crippen molar-refractivity contribution in [2.45, 2.75) is 6.42 Å². The fraction of sp³-hybridized carbons (Fsp3) is 0.333. The third-order valence-corrected chi connectivity index (χ3v) is 0.354. The smallest absolute Gasteiger partial charge is 0.0210 e. The molecule has 0 aliphatic carbocycles. The van der Waals surface area contributed by atoms with Gasteiger partial charge in [-0.2, -0.15) is 0 Å². The van der Waals surface area contributed by atoms with Crippen molar-refractivity contribution < 1.29 is 0 Å². The predicted octanol–water partition coefficient (Wildman–Crippen LogP) is 1.21. The van der Waals surface area contributed by atoms with E-state index in [2.05, 4.69) is 19.1 Å². The Morgan fingerprint density at radius 3 is 2.25 bits per heavy atom. The molecular weight excluding hydrogens is 68.1 g/mol. The van der Waals surface area contributed by atoms with Gasteiger partial charge in [-0.1, -0.05) is 12.2 Å². The molecule has 0 aromatic carbocycles. The summed E-state index contributed by atoms with van der Waals surface area (Å²) in [4.78, 5) is 0. The molecule has 23 valence electrons. The summed E-state index contributed by atoms with van der Waals surface area (Å²) in [6.07, 6.45) is 0.759. The summed E-state index contributed by atoms with van der Waals surface area (Å²) >= 11 is 4.37. The summed E-state index contributed by atoms with van der Waals surface area (Å²) < 4.78 is 0. The van der Waals surface area contributed by atoms with E-state index in [0.717, 1.165) is 6.42 Å². The Morgan fingerprint density at radius 1 is 2.00 bits per heavy atom. The molecule has 1 heteroatoms. The van der Waals surface area contributed by atoms with Gasteiger partial charge < -0.3 is 0 Å². The number of thiocarbonyl (C=S) groups is 1. The zero-order chi connectivity index (χ0) is 3.41. The number of hydrogen-bond acceptors (Lipinski definition) is 1. The van der Waals surface area contributed by atoms with Crippen molar-refractivity contribution in [3.63, 3.8) is 0 Å². The Hall–Kier alpha value is 0.0900. The molecule has 0 unspecified atom stereocenters. The summed E-state index contributed by atoms with van der Waals surface area (Å²) in [6, 6.07) is 0. The van der Waals surface area contributed by atoms with Gasteiger partial charge in [-0.15, -0.1) is 0 Å². The maximum atomic E-state index is 4.37. The molecule has 1 radical (unpaired) electrons. The molecule has 0 N–H and O–H groups in total. The summed E-state index contributed by atoms with van der Waals surface area (Å²) in [5.41, 5.74) is 0. The molecule has 0 aromatic rings. The number of rotatable bonds is 1. The van der Waals surface area contributed by atoms with Crippen LogP contribution in [-0.4, -0.2) is 5.37 Å². The lowest BCUT2D eigenvalue weighted by Crippen LogP contribution is -1.50. The van der Waals surface area contributed by atoms with Crippen LogP contribution in [0.3, 0.4) is 0 Å². The predicted molar refractivity (Wildman–Crippen MR) is 23.6 cm³/mol. The first-order valence-electron chi connectivity index (χ1n) is 1.14. The first-order chi connectivity index (χ1) is 1.91. The van der Waals surface area contributed by atoms with Gasteiger partial charge >= 0.3 is 0 Å². The third kappa shape index (κ3) is 2.09. The Kier molecular flexibility index (Phi) is 3.16. The van der Waals surface area contributed by atoms with Crippen molar-refractivity contribution in [1.82, 2.24) is 0 Å². The van der Waals surface area contributed by atoms with Crippen molar-refractivity contribution in [2.75, 3.05) is 0 Å². The standard InChI is InChI=1S/C3H5S/c1-2-3-4/h3H,1-2H2. The molecule has 0 aliphatic heterocycles. The van der Waals surface area contributed by atoms with Gasteiger partial charge in [0.2, 0.25) is 0 Å². The molecule has 0 aromatic heterocycles. The SMILES string of the molecule is [CH2]CC=S. The van der Waals surface area contributed by atoms with Crippen LogP contribution in [0.1, 0.15) is 6.42 Å². The molecule has 0 saturated carbocycles. The molecule has 0 bridgehead atoms. The first-order valence-corrected chi connectivity index (χ1v) is 1.62. The fourth-order valence-electron chi connectivity index (χ4n) is 0. The lowest BCUT2D eigenvalue weighted by Gasteiger charge is -1.54. The first kappa shape index (κ1) is 4.09. The summed E-state index contributed by atoms with van der Waals surface area (Å²) in [6.45, 7) is 3.44. The summed E-state index contributed by atoms with van der Waals surface area (Å²) in [5, 5.41) is 1.60. The molecule has 0 aliphatic rings. The lowest BCUT2D eigenvalue weighted by atomic mass is 10.6. The molecule has 0 nitrogen and oxygen atoms in total. The number of hydrogen-bond donors (Lipinski definition) is 0. The van der Waals surface area contributed by atoms with Gasteiger partial charge in [0.15, 0.2) is 0 Å². The van der Waals surface area contributed by atoms with Crippen LogP contribution in [0, 0.1) is 6.92 Å². The van der Waals surface area contributed by atoms with Crippen molar-refractivity contribution in [1.29, 1.82) is 0 Å². The zero-order valence-corrected chi connectivity index (χ0v) is 3.22. The van der Waals surface area contributed by atoms with E-state index >= 15 is 0 Å². The van der Waals surface area contributed by atoms with Gasteiger partial charge in [-0.25, -0.2) is 0 Å². The van der Waals surface area contributed by atoms with Crippen LogP contribution in [0.5, 0.6) is 0 Å². The van der Waals surface area contributed by atoms with Crippen LogP contribution in [0.15, 0.2) is 0 Å². The Bertz CT molecular complexity index is 17.2. The van der Waals surface area contributed by atoms with E-state index in [1.165, 1.54) is 0 Å². The molecule has 0 heterocycles. The van der Waals surface area contributed by atoms with Gasteiger partial charge in [0, 0.05) is 0 Å². The van der Waals surface area contributed by atoms with E-state index in [1.54, 1.807) is 5.37 Å². The van der Waals surface area contributed by atoms with Crippen LogP contribution in [0.4, 0.5) is 0 Å². The molecule has 0 amide bonds. The van der Waals surface area contributed by atoms with E-state index in [1.807, 2.05) is 0 Å². The zero-order valence-electron chi connectivity index (χ0n) is 2.40. The van der Waals surface area contributed by atoms with E-state index in [4.69, 9.17) is 0 Å². The van der Waals surface area contributed by atoms with Crippen molar-refractivity contribution in [3.8, 4) is 0 Å². The van der Waals surface area contributed by atoms with E-state index in [0.29, 0.717) is 0 Å². The van der Waals surface area contributed by atoms with Crippen molar-refractivity contribution in [3.05, 3.63) is 6.92 Å². The summed E-state index contributed by atoms with van der Waals surface area (Å²) in [5.74, 6) is 0. The van der Waals surface area contributed by atoms with Crippen LogP contribution >= 0.6 is 12.2 Å². The normalized spacial score (nSPS) is 6.25. The third-order valence-electron chi connectivity index (χ3n) is 0.118. The van der Waals surface area contributed by atoms with E-state index in [-0.39, 0.29) is 0 Å². The Labute approximate surface area is 31.8 Å². The van der Waals surface area contributed by atoms with Crippen molar-refractivity contribution in [2.24, 2.45) is 0 Å². The Balaban J connectivity index is 2.30. The van der Waals surface area contributed by atoms with Gasteiger partial charge in [-0.05, 0) is 18.7 Å². The van der Waals surface area contributed by atoms with Gasteiger partial charge in [0.05, 0.1) is 0 Å². The molecule has 0 fully saturated rings. The Morgan fingerprint density at radius 2 is 2.25 bits per heavy atom. The minimum Gasteiger partial charge on any atom is -0.0935 e. The maximum Gasteiger partial charge on any atom is -0.0210 e. The summed E-state index contributed by atoms with van der Waals surface area (Å²) in [7, 11) is 0. The largest absolute Gasteiger partial charge is 0.0935 e. The van der Waals surface area contributed by atoms with E-state index in [9.17, 15) is 0 Å². The topological polar surface area (TPSA) is 0 Å². The van der Waals surface area contributed by atoms with Crippen LogP contribution in [-0.2, 0) is 0 Å². The minimum absolute atomic E-state index is 0.759. The highest BCUT2D eigenvalue weighted by Crippen LogP contribution is 1.58. The second-order valence-corrected chi connectivity index (χ2v) is 0.789. The highest BCUT2D eigenvalue weighted by atomic mass is 32.1. The molecule has 0 rings (SSSR count). The lowest BCUT2D eigenvalue weighted by molar-refractivity contribution is 1.60. The van der Waals surface area contributed by atoms with Gasteiger partial charge in [-0.3, -0.25) is 0 Å². The van der Waals surface area contributed by atoms with Crippen molar-refractivity contribution >= 4 is 17.6 Å². The van der Waals surface area contributed by atoms with Crippen LogP contribution in [0.2, 0.25) is 0 Å². The average Bonchev–Trinajstić information content (AvgIpc) is 1.37. The molecule has 0 saturated heterocycles. The van der Waals surface area contributed by atoms with Gasteiger partial charge in [0.1, 0.15) is 0 Å². The van der Waals surface area contributed by atoms with E-state index < -0.39 is 0 Å². The maximum absolute atomic E-state index is 4.37. The second kappa shape index (κ2) is 3.09. The second-order valence-electron chi connectivity index (χ2n) is 0.455. The monoisotopic (exact) mass is 73.0 g/mol. The molecule has 0 spiro atoms. The molecule has 4 heavy (non-hydrogen) atoms. The average molecular weight is 73.1 g/mol. The highest BCUT2D eigenvalue weighted by molar-refractivity contribution is 7.78. The molecular formula is C3H5S. The fourth-order valence-corrected chi connectivity index (χ4v) is 0. The van der Waals surface area contributed by atoms with Gasteiger partial charge in [0.25, 0.3) is 0 Å².